The van der Waals surface area contributed by atoms with Crippen molar-refractivity contribution in [2.45, 2.75) is 32.1 Å². The third-order valence-electron chi connectivity index (χ3n) is 2.42. The van der Waals surface area contributed by atoms with Crippen LogP contribution in [-0.2, 0) is 0 Å². The molecule has 0 bridgehead atoms. The predicted molar refractivity (Wildman–Crippen MR) is 97.1 cm³/mol. The fourth-order valence-corrected chi connectivity index (χ4v) is 2.12. The first-order valence-corrected chi connectivity index (χ1v) is 7.73. The van der Waals surface area contributed by atoms with Crippen LogP contribution in [0, 0.1) is 0 Å². The van der Waals surface area contributed by atoms with Crippen molar-refractivity contribution in [1.82, 2.24) is 5.32 Å². The summed E-state index contributed by atoms with van der Waals surface area (Å²) < 4.78 is 0. The van der Waals surface area contributed by atoms with E-state index in [1.807, 2.05) is 25.1 Å². The fourth-order valence-electron chi connectivity index (χ4n) is 1.65. The van der Waals surface area contributed by atoms with Gasteiger partial charge in [-0.1, -0.05) is 32.4 Å². The van der Waals surface area contributed by atoms with Crippen molar-refractivity contribution in [3.05, 3.63) is 36.4 Å². The van der Waals surface area contributed by atoms with E-state index in [2.05, 4.69) is 55.3 Å². The van der Waals surface area contributed by atoms with Crippen molar-refractivity contribution in [3.63, 3.8) is 0 Å². The summed E-state index contributed by atoms with van der Waals surface area (Å²) in [7, 11) is 0. The van der Waals surface area contributed by atoms with Gasteiger partial charge in [0.15, 0.2) is 5.11 Å². The Labute approximate surface area is 132 Å². The van der Waals surface area contributed by atoms with Crippen LogP contribution in [-0.4, -0.2) is 11.7 Å². The number of anilines is 1. The summed E-state index contributed by atoms with van der Waals surface area (Å²) in [5.41, 5.74) is 0.996. The zero-order valence-corrected chi connectivity index (χ0v) is 13.9. The van der Waals surface area contributed by atoms with Crippen LogP contribution in [0.25, 0.3) is 10.8 Å². The molecule has 0 amide bonds. The van der Waals surface area contributed by atoms with Crippen molar-refractivity contribution < 1.29 is 0 Å². The molecule has 20 heavy (non-hydrogen) atoms. The molecule has 0 spiro atoms. The van der Waals surface area contributed by atoms with E-state index in [-0.39, 0.29) is 0 Å². The molecule has 0 aromatic heterocycles. The highest BCUT2D eigenvalue weighted by Crippen LogP contribution is 2.21. The topological polar surface area (TPSA) is 24.1 Å². The lowest BCUT2D eigenvalue weighted by Crippen LogP contribution is -2.27. The molecule has 0 aliphatic rings. The Balaban J connectivity index is 0.000000612. The van der Waals surface area contributed by atoms with Crippen molar-refractivity contribution in [1.29, 1.82) is 0 Å². The molecule has 0 aliphatic heterocycles. The largest absolute Gasteiger partial charge is 0.363 e. The zero-order valence-electron chi connectivity index (χ0n) is 12.2. The van der Waals surface area contributed by atoms with Crippen LogP contribution in [0.3, 0.4) is 0 Å². The third kappa shape index (κ3) is 5.39. The molecule has 0 aliphatic carbocycles. The highest BCUT2D eigenvalue weighted by atomic mass is 32.1. The summed E-state index contributed by atoms with van der Waals surface area (Å²) >= 11 is 9.47. The lowest BCUT2D eigenvalue weighted by Gasteiger charge is -2.09. The summed E-state index contributed by atoms with van der Waals surface area (Å²) in [5, 5.41) is 9.21. The monoisotopic (exact) mass is 306 g/mol. The van der Waals surface area contributed by atoms with E-state index in [0.29, 0.717) is 5.11 Å². The van der Waals surface area contributed by atoms with Gasteiger partial charge in [0.25, 0.3) is 0 Å². The molecule has 4 heteroatoms. The van der Waals surface area contributed by atoms with Gasteiger partial charge in [-0.05, 0) is 54.2 Å². The Bertz CT molecular complexity index is 567. The zero-order chi connectivity index (χ0) is 15.0. The summed E-state index contributed by atoms with van der Waals surface area (Å²) in [6.45, 7) is 7.09. The van der Waals surface area contributed by atoms with Crippen LogP contribution in [0.15, 0.2) is 41.3 Å². The van der Waals surface area contributed by atoms with Gasteiger partial charge in [0.1, 0.15) is 0 Å². The molecule has 0 unspecified atom stereocenters. The maximum absolute atomic E-state index is 5.14. The Hall–Kier alpha value is -1.26. The van der Waals surface area contributed by atoms with Gasteiger partial charge < -0.3 is 10.6 Å². The first kappa shape index (κ1) is 16.8. The third-order valence-corrected chi connectivity index (χ3v) is 2.94. The number of rotatable bonds is 2. The van der Waals surface area contributed by atoms with Gasteiger partial charge in [-0.2, -0.15) is 0 Å². The van der Waals surface area contributed by atoms with E-state index in [0.717, 1.165) is 17.1 Å². The quantitative estimate of drug-likeness (QED) is 0.546. The Morgan fingerprint density at radius 3 is 2.30 bits per heavy atom. The van der Waals surface area contributed by atoms with E-state index in [4.69, 9.17) is 12.2 Å². The smallest absolute Gasteiger partial charge is 0.170 e. The van der Waals surface area contributed by atoms with Crippen LogP contribution in [0.4, 0.5) is 5.69 Å². The van der Waals surface area contributed by atoms with Gasteiger partial charge in [-0.3, -0.25) is 0 Å². The molecule has 0 heterocycles. The summed E-state index contributed by atoms with van der Waals surface area (Å²) in [6.07, 6.45) is 1.25. The minimum Gasteiger partial charge on any atom is -0.363 e. The van der Waals surface area contributed by atoms with Crippen LogP contribution in [0.5, 0.6) is 0 Å². The van der Waals surface area contributed by atoms with Gasteiger partial charge >= 0.3 is 0 Å². The molecular weight excluding hydrogens is 284 g/mol. The molecule has 0 atom stereocenters. The molecular formula is C16H22N2S2. The van der Waals surface area contributed by atoms with Gasteiger partial charge in [0.05, 0.1) is 0 Å². The standard InChI is InChI=1S/C13H14N2S2.C3H8/c1-2-14-13(17)15-11-5-3-10-8-12(16)6-4-9(10)7-11;1-3-2/h3-8,16H,2H2,1H3,(H2,14,15,17);3H2,1-2H3. The van der Waals surface area contributed by atoms with Crippen LogP contribution >= 0.6 is 24.8 Å². The molecule has 2 aromatic carbocycles. The maximum atomic E-state index is 5.14. The second-order valence-corrected chi connectivity index (χ2v) is 5.36. The highest BCUT2D eigenvalue weighted by molar-refractivity contribution is 7.80. The number of hydrogen-bond donors (Lipinski definition) is 3. The van der Waals surface area contributed by atoms with Gasteiger partial charge in [0.2, 0.25) is 0 Å². The number of hydrogen-bond acceptors (Lipinski definition) is 2. The molecule has 0 fully saturated rings. The number of thiol groups is 1. The van der Waals surface area contributed by atoms with Crippen molar-refractivity contribution >= 4 is 46.4 Å². The molecule has 0 radical (unpaired) electrons. The second-order valence-electron chi connectivity index (χ2n) is 4.44. The molecule has 2 rings (SSSR count). The van der Waals surface area contributed by atoms with Crippen molar-refractivity contribution in [2.75, 3.05) is 11.9 Å². The summed E-state index contributed by atoms with van der Waals surface area (Å²) in [6, 6.07) is 12.2. The van der Waals surface area contributed by atoms with Crippen molar-refractivity contribution in [2.24, 2.45) is 0 Å². The maximum Gasteiger partial charge on any atom is 0.170 e. The van der Waals surface area contributed by atoms with Gasteiger partial charge in [-0.15, -0.1) is 12.6 Å². The SMILES string of the molecule is CCC.CCNC(=S)Nc1ccc2cc(S)ccc2c1. The average molecular weight is 307 g/mol. The second kappa shape index (κ2) is 8.82. The molecule has 0 saturated heterocycles. The number of fused-ring (bicyclic) bond motifs is 1. The summed E-state index contributed by atoms with van der Waals surface area (Å²) in [5.74, 6) is 0. The lowest BCUT2D eigenvalue weighted by molar-refractivity contribution is 0.979. The fraction of sp³-hybridized carbons (Fsp3) is 0.312. The van der Waals surface area contributed by atoms with Gasteiger partial charge in [0, 0.05) is 17.1 Å². The molecule has 108 valence electrons. The molecule has 2 aromatic rings. The number of thiocarbonyl (C=S) groups is 1. The van der Waals surface area contributed by atoms with E-state index in [1.54, 1.807) is 0 Å². The first-order valence-electron chi connectivity index (χ1n) is 6.88. The Kier molecular flexibility index (Phi) is 7.41. The first-order chi connectivity index (χ1) is 9.60. The van der Waals surface area contributed by atoms with E-state index >= 15 is 0 Å². The molecule has 0 saturated carbocycles. The van der Waals surface area contributed by atoms with Crippen LogP contribution < -0.4 is 10.6 Å². The van der Waals surface area contributed by atoms with Gasteiger partial charge in [-0.25, -0.2) is 0 Å². The van der Waals surface area contributed by atoms with E-state index < -0.39 is 0 Å². The Morgan fingerprint density at radius 2 is 1.65 bits per heavy atom. The Morgan fingerprint density at radius 1 is 1.05 bits per heavy atom. The highest BCUT2D eigenvalue weighted by Gasteiger charge is 1.99. The predicted octanol–water partition coefficient (Wildman–Crippen LogP) is 4.85. The minimum absolute atomic E-state index is 0.651. The molecule has 2 nitrogen and oxygen atoms in total. The van der Waals surface area contributed by atoms with E-state index in [1.165, 1.54) is 17.2 Å². The number of benzene rings is 2. The van der Waals surface area contributed by atoms with Crippen LogP contribution in [0.1, 0.15) is 27.2 Å². The average Bonchev–Trinajstić information content (AvgIpc) is 2.40. The normalized spacial score (nSPS) is 9.60. The summed E-state index contributed by atoms with van der Waals surface area (Å²) in [4.78, 5) is 0.973. The lowest BCUT2D eigenvalue weighted by atomic mass is 10.1. The number of nitrogens with one attached hydrogen (secondary N) is 2. The van der Waals surface area contributed by atoms with Crippen LogP contribution in [0.2, 0.25) is 0 Å². The van der Waals surface area contributed by atoms with Crippen molar-refractivity contribution in [3.8, 4) is 0 Å². The minimum atomic E-state index is 0.651. The van der Waals surface area contributed by atoms with E-state index in [9.17, 15) is 0 Å². The molecule has 2 N–H and O–H groups in total.